The summed E-state index contributed by atoms with van der Waals surface area (Å²) in [5.74, 6) is -0.303. The molecular weight excluding hydrogens is 233 g/mol. The summed E-state index contributed by atoms with van der Waals surface area (Å²) in [4.78, 5) is 6.33. The summed E-state index contributed by atoms with van der Waals surface area (Å²) < 4.78 is 18.4. The zero-order chi connectivity index (χ0) is 13.0. The number of likely N-dealkylation sites (N-methyl/N-ethyl adjacent to an activating group) is 1. The zero-order valence-corrected chi connectivity index (χ0v) is 10.9. The van der Waals surface area contributed by atoms with Gasteiger partial charge in [-0.25, -0.2) is 4.39 Å². The molecule has 1 aromatic rings. The van der Waals surface area contributed by atoms with Crippen molar-refractivity contribution in [3.8, 4) is 0 Å². The van der Waals surface area contributed by atoms with Crippen molar-refractivity contribution in [1.29, 1.82) is 0 Å². The number of ether oxygens (including phenoxy) is 1. The predicted molar refractivity (Wildman–Crippen MR) is 67.8 cm³/mol. The highest BCUT2D eigenvalue weighted by molar-refractivity contribution is 5.08. The molecule has 0 bridgehead atoms. The molecule has 1 aliphatic heterocycles. The van der Waals surface area contributed by atoms with Gasteiger partial charge in [0.1, 0.15) is 5.82 Å². The van der Waals surface area contributed by atoms with Gasteiger partial charge in [-0.05, 0) is 26.1 Å². The van der Waals surface area contributed by atoms with E-state index >= 15 is 0 Å². The molecule has 2 heterocycles. The van der Waals surface area contributed by atoms with Crippen LogP contribution in [0.1, 0.15) is 18.7 Å². The van der Waals surface area contributed by atoms with Crippen LogP contribution in [0.3, 0.4) is 0 Å². The maximum atomic E-state index is 12.8. The fourth-order valence-electron chi connectivity index (χ4n) is 2.05. The van der Waals surface area contributed by atoms with Crippen LogP contribution < -0.4 is 5.32 Å². The second-order valence-corrected chi connectivity index (χ2v) is 4.79. The molecule has 0 aromatic carbocycles. The monoisotopic (exact) mass is 253 g/mol. The first-order valence-corrected chi connectivity index (χ1v) is 6.30. The Labute approximate surface area is 107 Å². The van der Waals surface area contributed by atoms with Crippen LogP contribution in [0.4, 0.5) is 4.39 Å². The van der Waals surface area contributed by atoms with Crippen LogP contribution in [0.25, 0.3) is 0 Å². The van der Waals surface area contributed by atoms with Gasteiger partial charge in [0, 0.05) is 25.7 Å². The Morgan fingerprint density at radius 1 is 1.61 bits per heavy atom. The highest BCUT2D eigenvalue weighted by atomic mass is 19.1. The molecule has 2 atom stereocenters. The van der Waals surface area contributed by atoms with Gasteiger partial charge in [0.05, 0.1) is 24.6 Å². The first kappa shape index (κ1) is 13.4. The molecule has 2 unspecified atom stereocenters. The molecule has 1 N–H and O–H groups in total. The number of hydrogen-bond acceptors (Lipinski definition) is 4. The van der Waals surface area contributed by atoms with E-state index < -0.39 is 0 Å². The summed E-state index contributed by atoms with van der Waals surface area (Å²) in [7, 11) is 2.10. The summed E-state index contributed by atoms with van der Waals surface area (Å²) in [5.41, 5.74) is 0.848. The minimum absolute atomic E-state index is 0.0985. The Kier molecular flexibility index (Phi) is 4.63. The summed E-state index contributed by atoms with van der Waals surface area (Å²) in [6.07, 6.45) is 1.46. The number of rotatable bonds is 4. The lowest BCUT2D eigenvalue weighted by molar-refractivity contribution is -0.0191. The third kappa shape index (κ3) is 3.73. The van der Waals surface area contributed by atoms with Crippen LogP contribution in [0, 0.1) is 5.82 Å². The number of morpholine rings is 1. The number of pyridine rings is 1. The van der Waals surface area contributed by atoms with E-state index in [1.165, 1.54) is 12.3 Å². The molecular formula is C13H20FN3O. The average Bonchev–Trinajstić information content (AvgIpc) is 2.37. The Bertz CT molecular complexity index is 371. The molecule has 0 amide bonds. The molecule has 0 radical (unpaired) electrons. The molecule has 0 aliphatic carbocycles. The summed E-state index contributed by atoms with van der Waals surface area (Å²) in [6, 6.07) is 3.24. The summed E-state index contributed by atoms with van der Waals surface area (Å²) in [5, 5.41) is 3.37. The highest BCUT2D eigenvalue weighted by Gasteiger charge is 2.18. The van der Waals surface area contributed by atoms with Gasteiger partial charge in [-0.15, -0.1) is 0 Å². The summed E-state index contributed by atoms with van der Waals surface area (Å²) >= 11 is 0. The minimum atomic E-state index is -0.303. The van der Waals surface area contributed by atoms with Crippen LogP contribution in [-0.4, -0.2) is 49.3 Å². The number of hydrogen-bond donors (Lipinski definition) is 1. The number of halogens is 1. The molecule has 1 saturated heterocycles. The van der Waals surface area contributed by atoms with Gasteiger partial charge in [0.25, 0.3) is 0 Å². The van der Waals surface area contributed by atoms with Crippen LogP contribution in [0.2, 0.25) is 0 Å². The lowest BCUT2D eigenvalue weighted by Crippen LogP contribution is -2.45. The van der Waals surface area contributed by atoms with E-state index in [0.717, 1.165) is 31.9 Å². The Morgan fingerprint density at radius 3 is 3.11 bits per heavy atom. The van der Waals surface area contributed by atoms with Gasteiger partial charge in [0.15, 0.2) is 0 Å². The largest absolute Gasteiger partial charge is 0.374 e. The van der Waals surface area contributed by atoms with Gasteiger partial charge >= 0.3 is 0 Å². The van der Waals surface area contributed by atoms with Crippen LogP contribution >= 0.6 is 0 Å². The molecule has 1 fully saturated rings. The minimum Gasteiger partial charge on any atom is -0.374 e. The zero-order valence-electron chi connectivity index (χ0n) is 10.9. The Balaban J connectivity index is 1.80. The van der Waals surface area contributed by atoms with Crippen LogP contribution in [-0.2, 0) is 4.74 Å². The number of nitrogens with one attached hydrogen (secondary N) is 1. The standard InChI is InChI=1S/C13H20FN3O/c1-10(13-4-3-11(14)7-16-13)15-8-12-9-17(2)5-6-18-12/h3-4,7,10,12,15H,5-6,8-9H2,1-2H3. The molecule has 18 heavy (non-hydrogen) atoms. The Morgan fingerprint density at radius 2 is 2.44 bits per heavy atom. The van der Waals surface area contributed by atoms with Crippen molar-refractivity contribution in [2.75, 3.05) is 33.3 Å². The fourth-order valence-corrected chi connectivity index (χ4v) is 2.05. The van der Waals surface area contributed by atoms with E-state index in [1.807, 2.05) is 6.92 Å². The quantitative estimate of drug-likeness (QED) is 0.875. The van der Waals surface area contributed by atoms with Crippen molar-refractivity contribution >= 4 is 0 Å². The average molecular weight is 253 g/mol. The second-order valence-electron chi connectivity index (χ2n) is 4.79. The molecule has 0 saturated carbocycles. The Hall–Kier alpha value is -1.04. The van der Waals surface area contributed by atoms with E-state index in [-0.39, 0.29) is 18.0 Å². The van der Waals surface area contributed by atoms with Crippen molar-refractivity contribution in [3.05, 3.63) is 29.8 Å². The SMILES string of the molecule is CC(NCC1CN(C)CCO1)c1ccc(F)cn1. The first-order valence-electron chi connectivity index (χ1n) is 6.30. The van der Waals surface area contributed by atoms with Gasteiger partial charge in [0.2, 0.25) is 0 Å². The topological polar surface area (TPSA) is 37.4 Å². The van der Waals surface area contributed by atoms with E-state index in [4.69, 9.17) is 4.74 Å². The number of aromatic nitrogens is 1. The van der Waals surface area contributed by atoms with Crippen LogP contribution in [0.5, 0.6) is 0 Å². The smallest absolute Gasteiger partial charge is 0.141 e. The van der Waals surface area contributed by atoms with Gasteiger partial charge in [-0.1, -0.05) is 0 Å². The first-order chi connectivity index (χ1) is 8.65. The van der Waals surface area contributed by atoms with Crippen molar-refractivity contribution in [1.82, 2.24) is 15.2 Å². The molecule has 4 nitrogen and oxygen atoms in total. The van der Waals surface area contributed by atoms with E-state index in [1.54, 1.807) is 6.07 Å². The van der Waals surface area contributed by atoms with Crippen LogP contribution in [0.15, 0.2) is 18.3 Å². The third-order valence-corrected chi connectivity index (χ3v) is 3.19. The molecule has 0 spiro atoms. The maximum Gasteiger partial charge on any atom is 0.141 e. The predicted octanol–water partition coefficient (Wildman–Crippen LogP) is 1.20. The summed E-state index contributed by atoms with van der Waals surface area (Å²) in [6.45, 7) is 5.52. The van der Waals surface area contributed by atoms with Gasteiger partial charge in [-0.2, -0.15) is 0 Å². The van der Waals surface area contributed by atoms with E-state index in [0.29, 0.717) is 0 Å². The fraction of sp³-hybridized carbons (Fsp3) is 0.615. The lowest BCUT2D eigenvalue weighted by Gasteiger charge is -2.30. The normalized spacial score (nSPS) is 22.9. The lowest BCUT2D eigenvalue weighted by atomic mass is 10.2. The molecule has 1 aromatic heterocycles. The van der Waals surface area contributed by atoms with Crippen molar-refractivity contribution in [2.24, 2.45) is 0 Å². The number of nitrogens with zero attached hydrogens (tertiary/aromatic N) is 2. The molecule has 1 aliphatic rings. The van der Waals surface area contributed by atoms with E-state index in [2.05, 4.69) is 22.2 Å². The highest BCUT2D eigenvalue weighted by Crippen LogP contribution is 2.10. The molecule has 100 valence electrons. The van der Waals surface area contributed by atoms with Gasteiger partial charge in [-0.3, -0.25) is 4.98 Å². The molecule has 5 heteroatoms. The third-order valence-electron chi connectivity index (χ3n) is 3.19. The van der Waals surface area contributed by atoms with Gasteiger partial charge < -0.3 is 15.0 Å². The maximum absolute atomic E-state index is 12.8. The van der Waals surface area contributed by atoms with Crippen molar-refractivity contribution in [2.45, 2.75) is 19.1 Å². The second kappa shape index (κ2) is 6.22. The molecule has 2 rings (SSSR count). The van der Waals surface area contributed by atoms with Crippen molar-refractivity contribution < 1.29 is 9.13 Å². The van der Waals surface area contributed by atoms with Crippen molar-refractivity contribution in [3.63, 3.8) is 0 Å². The van der Waals surface area contributed by atoms with E-state index in [9.17, 15) is 4.39 Å².